The van der Waals surface area contributed by atoms with Crippen LogP contribution in [0.3, 0.4) is 0 Å². The summed E-state index contributed by atoms with van der Waals surface area (Å²) in [6.07, 6.45) is 3.21. The molecule has 0 aliphatic heterocycles. The van der Waals surface area contributed by atoms with Gasteiger partial charge in [0.05, 0.1) is 0 Å². The largest absolute Gasteiger partial charge is 0.446 e. The molecule has 174 valence electrons. The number of anilines is 2. The van der Waals surface area contributed by atoms with Gasteiger partial charge in [-0.3, -0.25) is 5.10 Å². The molecule has 12 heteroatoms. The number of halogens is 3. The first-order chi connectivity index (χ1) is 15.8. The highest BCUT2D eigenvalue weighted by molar-refractivity contribution is 5.72. The normalized spacial score (nSPS) is 28.3. The first kappa shape index (κ1) is 20.3. The van der Waals surface area contributed by atoms with E-state index in [0.717, 1.165) is 54.3 Å². The van der Waals surface area contributed by atoms with Crippen molar-refractivity contribution < 1.29 is 22.7 Å². The smallest absolute Gasteiger partial charge is 0.435 e. The van der Waals surface area contributed by atoms with E-state index >= 15 is 0 Å². The van der Waals surface area contributed by atoms with E-state index in [0.29, 0.717) is 12.2 Å². The number of ether oxygens (including phenoxy) is 1. The predicted molar refractivity (Wildman–Crippen MR) is 110 cm³/mol. The molecule has 3 heterocycles. The van der Waals surface area contributed by atoms with E-state index in [4.69, 9.17) is 4.74 Å². The Hall–Kier alpha value is -3.31. The van der Waals surface area contributed by atoms with Crippen LogP contribution in [0.5, 0.6) is 0 Å². The van der Waals surface area contributed by atoms with Crippen molar-refractivity contribution >= 4 is 23.2 Å². The standard InChI is InChI=1S/C21H22F3N7O2/c22-21(23,24)16-7-15-18(25-3-4-31(15)30-16)26-17-6-14(28-29-17)12-1-2-13(5-12)33-19(32)27-20-8-11(9-20)10-20/h3-4,6-7,11-13H,1-2,5,8-10H2,(H,27,32)(H2,25,26,28,29). The fraction of sp³-hybridized carbons (Fsp3) is 0.524. The average Bonchev–Trinajstić information content (AvgIpc) is 3.42. The summed E-state index contributed by atoms with van der Waals surface area (Å²) in [6.45, 7) is 0. The van der Waals surface area contributed by atoms with Crippen LogP contribution in [-0.4, -0.2) is 42.5 Å². The van der Waals surface area contributed by atoms with E-state index in [9.17, 15) is 18.0 Å². The molecule has 4 saturated carbocycles. The fourth-order valence-corrected chi connectivity index (χ4v) is 5.25. The highest BCUT2D eigenvalue weighted by atomic mass is 19.4. The highest BCUT2D eigenvalue weighted by Gasteiger charge is 2.57. The van der Waals surface area contributed by atoms with Crippen LogP contribution in [0.1, 0.15) is 55.8 Å². The summed E-state index contributed by atoms with van der Waals surface area (Å²) in [4.78, 5) is 16.3. The van der Waals surface area contributed by atoms with Crippen molar-refractivity contribution in [3.8, 4) is 0 Å². The summed E-state index contributed by atoms with van der Waals surface area (Å²) < 4.78 is 45.8. The number of H-pyrrole nitrogens is 1. The second kappa shape index (κ2) is 7.09. The lowest BCUT2D eigenvalue weighted by molar-refractivity contribution is -0.141. The third-order valence-electron chi connectivity index (χ3n) is 7.03. The number of nitrogens with zero attached hydrogens (tertiary/aromatic N) is 4. The van der Waals surface area contributed by atoms with E-state index in [1.165, 1.54) is 12.4 Å². The first-order valence-electron chi connectivity index (χ1n) is 11.0. The van der Waals surface area contributed by atoms with Crippen LogP contribution in [0.2, 0.25) is 0 Å². The van der Waals surface area contributed by atoms with Gasteiger partial charge < -0.3 is 15.4 Å². The zero-order chi connectivity index (χ0) is 22.8. The Morgan fingerprint density at radius 1 is 1.24 bits per heavy atom. The molecule has 4 fully saturated rings. The molecule has 7 rings (SSSR count). The van der Waals surface area contributed by atoms with Crippen molar-refractivity contribution in [1.82, 2.24) is 30.1 Å². The number of hydrogen-bond acceptors (Lipinski definition) is 6. The maximum absolute atomic E-state index is 13.0. The minimum Gasteiger partial charge on any atom is -0.446 e. The predicted octanol–water partition coefficient (Wildman–Crippen LogP) is 4.13. The lowest BCUT2D eigenvalue weighted by atomic mass is 9.50. The maximum Gasteiger partial charge on any atom is 0.435 e. The van der Waals surface area contributed by atoms with Crippen molar-refractivity contribution in [3.63, 3.8) is 0 Å². The Kier molecular flexibility index (Phi) is 4.36. The monoisotopic (exact) mass is 461 g/mol. The van der Waals surface area contributed by atoms with Gasteiger partial charge in [-0.1, -0.05) is 0 Å². The topological polar surface area (TPSA) is 109 Å². The molecule has 0 aromatic carbocycles. The summed E-state index contributed by atoms with van der Waals surface area (Å²) in [5, 5.41) is 16.8. The number of amides is 1. The van der Waals surface area contributed by atoms with Gasteiger partial charge in [-0.15, -0.1) is 0 Å². The number of nitrogens with one attached hydrogen (secondary N) is 3. The molecular weight excluding hydrogens is 439 g/mol. The lowest BCUT2D eigenvalue weighted by Gasteiger charge is -2.61. The minimum atomic E-state index is -4.54. The average molecular weight is 461 g/mol. The molecule has 0 saturated heterocycles. The van der Waals surface area contributed by atoms with Crippen LogP contribution in [0, 0.1) is 5.92 Å². The van der Waals surface area contributed by atoms with E-state index in [-0.39, 0.29) is 35.0 Å². The van der Waals surface area contributed by atoms with E-state index in [1.54, 1.807) is 6.07 Å². The van der Waals surface area contributed by atoms with Gasteiger partial charge >= 0.3 is 12.3 Å². The molecule has 0 spiro atoms. The van der Waals surface area contributed by atoms with Crippen molar-refractivity contribution in [3.05, 3.63) is 35.9 Å². The van der Waals surface area contributed by atoms with Gasteiger partial charge in [0.25, 0.3) is 0 Å². The Balaban J connectivity index is 1.09. The van der Waals surface area contributed by atoms with Crippen LogP contribution < -0.4 is 10.6 Å². The minimum absolute atomic E-state index is 0.00301. The summed E-state index contributed by atoms with van der Waals surface area (Å²) in [6, 6.07) is 2.75. The molecule has 4 aliphatic rings. The van der Waals surface area contributed by atoms with Crippen LogP contribution in [0.4, 0.5) is 29.6 Å². The molecule has 9 nitrogen and oxygen atoms in total. The first-order valence-corrected chi connectivity index (χ1v) is 11.0. The number of fused-ring (bicyclic) bond motifs is 1. The van der Waals surface area contributed by atoms with Gasteiger partial charge in [0.2, 0.25) is 0 Å². The van der Waals surface area contributed by atoms with Crippen molar-refractivity contribution in [1.29, 1.82) is 0 Å². The van der Waals surface area contributed by atoms with Gasteiger partial charge in [0.15, 0.2) is 17.3 Å². The second-order valence-electron chi connectivity index (χ2n) is 9.39. The second-order valence-corrected chi connectivity index (χ2v) is 9.39. The SMILES string of the molecule is O=C(NC12CC(C1)C2)OC1CCC(c2cc(Nc3nccn4nc(C(F)(F)F)cc34)n[nH]2)C1. The quantitative estimate of drug-likeness (QED) is 0.527. The Morgan fingerprint density at radius 3 is 2.79 bits per heavy atom. The molecule has 2 bridgehead atoms. The van der Waals surface area contributed by atoms with Crippen molar-refractivity contribution in [2.45, 2.75) is 62.3 Å². The number of hydrogen-bond donors (Lipinski definition) is 3. The molecule has 3 aromatic heterocycles. The zero-order valence-corrected chi connectivity index (χ0v) is 17.5. The molecule has 4 aliphatic carbocycles. The number of carbonyl (C=O) groups excluding carboxylic acids is 1. The van der Waals surface area contributed by atoms with E-state index in [2.05, 4.69) is 30.9 Å². The van der Waals surface area contributed by atoms with Gasteiger partial charge in [-0.05, 0) is 44.4 Å². The fourth-order valence-electron chi connectivity index (χ4n) is 5.25. The zero-order valence-electron chi connectivity index (χ0n) is 17.5. The number of aromatic nitrogens is 5. The van der Waals surface area contributed by atoms with Crippen LogP contribution in [0.25, 0.3) is 5.52 Å². The molecule has 0 radical (unpaired) electrons. The molecule has 3 aromatic rings. The van der Waals surface area contributed by atoms with Gasteiger partial charge in [0, 0.05) is 41.7 Å². The maximum atomic E-state index is 13.0. The molecular formula is C21H22F3N7O2. The highest BCUT2D eigenvalue weighted by Crippen LogP contribution is 2.57. The Labute approximate surface area is 186 Å². The number of rotatable bonds is 5. The molecule has 1 amide bonds. The molecule has 2 unspecified atom stereocenters. The summed E-state index contributed by atoms with van der Waals surface area (Å²) in [5.41, 5.74) is 0.0754. The van der Waals surface area contributed by atoms with Crippen LogP contribution in [0.15, 0.2) is 24.5 Å². The summed E-state index contributed by atoms with van der Waals surface area (Å²) in [5.74, 6) is 1.59. The molecule has 3 N–H and O–H groups in total. The summed E-state index contributed by atoms with van der Waals surface area (Å²) in [7, 11) is 0. The van der Waals surface area contributed by atoms with Gasteiger partial charge in [0.1, 0.15) is 11.6 Å². The van der Waals surface area contributed by atoms with Gasteiger partial charge in [-0.2, -0.15) is 23.4 Å². The van der Waals surface area contributed by atoms with Crippen molar-refractivity contribution in [2.75, 3.05) is 5.32 Å². The number of alkyl carbamates (subject to hydrolysis) is 1. The summed E-state index contributed by atoms with van der Waals surface area (Å²) >= 11 is 0. The third kappa shape index (κ3) is 3.66. The van der Waals surface area contributed by atoms with E-state index < -0.39 is 11.9 Å². The van der Waals surface area contributed by atoms with Crippen molar-refractivity contribution in [2.24, 2.45) is 5.92 Å². The van der Waals surface area contributed by atoms with Crippen LogP contribution in [-0.2, 0) is 10.9 Å². The van der Waals surface area contributed by atoms with Gasteiger partial charge in [-0.25, -0.2) is 14.3 Å². The molecule has 2 atom stereocenters. The number of aromatic amines is 1. The van der Waals surface area contributed by atoms with E-state index in [1.807, 2.05) is 0 Å². The Morgan fingerprint density at radius 2 is 2.06 bits per heavy atom. The number of alkyl halides is 3. The Bertz CT molecular complexity index is 1200. The van der Waals surface area contributed by atoms with Crippen LogP contribution >= 0.6 is 0 Å². The molecule has 33 heavy (non-hydrogen) atoms. The third-order valence-corrected chi connectivity index (χ3v) is 7.03. The number of carbonyl (C=O) groups is 1. The lowest BCUT2D eigenvalue weighted by Crippen LogP contribution is -2.68.